The van der Waals surface area contributed by atoms with Gasteiger partial charge in [-0.3, -0.25) is 9.59 Å². The maximum absolute atomic E-state index is 12.8. The number of anilines is 1. The molecule has 2 amide bonds. The van der Waals surface area contributed by atoms with Crippen molar-refractivity contribution in [2.24, 2.45) is 11.0 Å². The molecule has 1 aromatic heterocycles. The Hall–Kier alpha value is -2.76. The standard InChI is InChI=1S/C25H24Cl2N4O4S2/c1-16(17-2-6-20(7-3-17)28-25(33)22-10-11-23(27)36-22)29-30-24(32)18-12-14-31(15-13-18)37(34,35)21-8-4-19(26)5-9-21/h2-11,18H,12-15H2,1H3,(H,28,33)(H,30,32)/b29-16+. The molecule has 0 aliphatic carbocycles. The summed E-state index contributed by atoms with van der Waals surface area (Å²) in [5.74, 6) is -0.827. The van der Waals surface area contributed by atoms with Crippen LogP contribution in [0.15, 0.2) is 70.7 Å². The summed E-state index contributed by atoms with van der Waals surface area (Å²) in [5, 5.41) is 7.48. The van der Waals surface area contributed by atoms with Gasteiger partial charge < -0.3 is 5.32 Å². The molecule has 0 radical (unpaired) electrons. The number of hydrogen-bond acceptors (Lipinski definition) is 6. The zero-order valence-corrected chi connectivity index (χ0v) is 22.9. The van der Waals surface area contributed by atoms with Gasteiger partial charge in [-0.1, -0.05) is 35.3 Å². The van der Waals surface area contributed by atoms with E-state index in [0.29, 0.717) is 38.5 Å². The molecule has 37 heavy (non-hydrogen) atoms. The zero-order chi connectivity index (χ0) is 26.6. The number of nitrogens with one attached hydrogen (secondary N) is 2. The fourth-order valence-corrected chi connectivity index (χ4v) is 6.37. The van der Waals surface area contributed by atoms with E-state index in [0.717, 1.165) is 5.56 Å². The van der Waals surface area contributed by atoms with Crippen LogP contribution in [0.5, 0.6) is 0 Å². The number of piperidine rings is 1. The zero-order valence-electron chi connectivity index (χ0n) is 19.8. The van der Waals surface area contributed by atoms with E-state index in [1.807, 2.05) is 0 Å². The Morgan fingerprint density at radius 3 is 2.22 bits per heavy atom. The first kappa shape index (κ1) is 27.3. The van der Waals surface area contributed by atoms with E-state index in [4.69, 9.17) is 23.2 Å². The van der Waals surface area contributed by atoms with Crippen LogP contribution in [-0.2, 0) is 14.8 Å². The first-order chi connectivity index (χ1) is 17.6. The van der Waals surface area contributed by atoms with E-state index in [-0.39, 0.29) is 35.7 Å². The van der Waals surface area contributed by atoms with Gasteiger partial charge in [0.05, 0.1) is 19.8 Å². The highest BCUT2D eigenvalue weighted by Gasteiger charge is 2.32. The van der Waals surface area contributed by atoms with E-state index in [1.165, 1.54) is 27.8 Å². The fourth-order valence-electron chi connectivity index (χ4n) is 3.83. The number of carbonyl (C=O) groups is 2. The predicted octanol–water partition coefficient (Wildman–Crippen LogP) is 5.25. The van der Waals surface area contributed by atoms with Crippen molar-refractivity contribution < 1.29 is 18.0 Å². The Labute approximate surface area is 229 Å². The highest BCUT2D eigenvalue weighted by atomic mass is 35.5. The number of hydrazone groups is 1. The first-order valence-corrected chi connectivity index (χ1v) is 14.4. The lowest BCUT2D eigenvalue weighted by Crippen LogP contribution is -2.42. The minimum Gasteiger partial charge on any atom is -0.321 e. The van der Waals surface area contributed by atoms with Crippen LogP contribution >= 0.6 is 34.5 Å². The first-order valence-electron chi connectivity index (χ1n) is 11.4. The topological polar surface area (TPSA) is 108 Å². The number of rotatable bonds is 7. The number of sulfonamides is 1. The van der Waals surface area contributed by atoms with Crippen LogP contribution in [0.2, 0.25) is 9.36 Å². The Balaban J connectivity index is 1.29. The van der Waals surface area contributed by atoms with Crippen molar-refractivity contribution in [2.75, 3.05) is 18.4 Å². The quantitative estimate of drug-likeness (QED) is 0.295. The average molecular weight is 580 g/mol. The molecule has 2 aromatic carbocycles. The summed E-state index contributed by atoms with van der Waals surface area (Å²) >= 11 is 12.9. The molecule has 194 valence electrons. The average Bonchev–Trinajstić information content (AvgIpc) is 3.34. The lowest BCUT2D eigenvalue weighted by atomic mass is 9.98. The number of benzene rings is 2. The van der Waals surface area contributed by atoms with Gasteiger partial charge >= 0.3 is 0 Å². The van der Waals surface area contributed by atoms with Gasteiger partial charge in [-0.05, 0) is 73.9 Å². The third kappa shape index (κ3) is 6.77. The van der Waals surface area contributed by atoms with Gasteiger partial charge in [0.15, 0.2) is 0 Å². The highest BCUT2D eigenvalue weighted by molar-refractivity contribution is 7.89. The second-order valence-corrected chi connectivity index (χ2v) is 12.5. The Morgan fingerprint density at radius 2 is 1.62 bits per heavy atom. The number of hydrogen-bond donors (Lipinski definition) is 2. The fraction of sp³-hybridized carbons (Fsp3) is 0.240. The summed E-state index contributed by atoms with van der Waals surface area (Å²) in [6, 6.07) is 16.5. The van der Waals surface area contributed by atoms with E-state index < -0.39 is 10.0 Å². The molecule has 12 heteroatoms. The minimum atomic E-state index is -3.63. The van der Waals surface area contributed by atoms with Crippen LogP contribution in [-0.4, -0.2) is 43.3 Å². The molecule has 1 fully saturated rings. The largest absolute Gasteiger partial charge is 0.321 e. The van der Waals surface area contributed by atoms with Crippen LogP contribution in [0.1, 0.15) is 35.0 Å². The van der Waals surface area contributed by atoms with Gasteiger partial charge in [-0.25, -0.2) is 13.8 Å². The van der Waals surface area contributed by atoms with Gasteiger partial charge in [0.2, 0.25) is 15.9 Å². The number of halogens is 2. The monoisotopic (exact) mass is 578 g/mol. The van der Waals surface area contributed by atoms with Gasteiger partial charge in [-0.15, -0.1) is 11.3 Å². The molecular formula is C25H24Cl2N4O4S2. The summed E-state index contributed by atoms with van der Waals surface area (Å²) in [6.07, 6.45) is 0.800. The Morgan fingerprint density at radius 1 is 0.973 bits per heavy atom. The molecule has 0 bridgehead atoms. The third-order valence-corrected chi connectivity index (χ3v) is 9.36. The number of carbonyl (C=O) groups excluding carboxylic acids is 2. The highest BCUT2D eigenvalue weighted by Crippen LogP contribution is 2.25. The summed E-state index contributed by atoms with van der Waals surface area (Å²) < 4.78 is 27.6. The van der Waals surface area contributed by atoms with Crippen molar-refractivity contribution in [1.29, 1.82) is 0 Å². The smallest absolute Gasteiger partial charge is 0.265 e. The molecule has 3 aromatic rings. The number of amides is 2. The van der Waals surface area contributed by atoms with E-state index in [9.17, 15) is 18.0 Å². The second-order valence-electron chi connectivity index (χ2n) is 8.44. The van der Waals surface area contributed by atoms with E-state index in [2.05, 4.69) is 15.8 Å². The van der Waals surface area contributed by atoms with Crippen LogP contribution < -0.4 is 10.7 Å². The second kappa shape index (κ2) is 11.7. The minimum absolute atomic E-state index is 0.182. The predicted molar refractivity (Wildman–Crippen MR) is 147 cm³/mol. The maximum Gasteiger partial charge on any atom is 0.265 e. The lowest BCUT2D eigenvalue weighted by molar-refractivity contribution is -0.126. The van der Waals surface area contributed by atoms with Gasteiger partial charge in [0, 0.05) is 29.7 Å². The lowest BCUT2D eigenvalue weighted by Gasteiger charge is -2.30. The molecule has 1 aliphatic heterocycles. The molecule has 1 saturated heterocycles. The van der Waals surface area contributed by atoms with Crippen molar-refractivity contribution in [1.82, 2.24) is 9.73 Å². The summed E-state index contributed by atoms with van der Waals surface area (Å²) in [4.78, 5) is 25.6. The van der Waals surface area contributed by atoms with Crippen molar-refractivity contribution in [2.45, 2.75) is 24.7 Å². The Kier molecular flexibility index (Phi) is 8.66. The molecule has 8 nitrogen and oxygen atoms in total. The Bertz CT molecular complexity index is 1410. The summed E-state index contributed by atoms with van der Waals surface area (Å²) in [7, 11) is -3.63. The van der Waals surface area contributed by atoms with E-state index >= 15 is 0 Å². The van der Waals surface area contributed by atoms with Crippen molar-refractivity contribution in [3.8, 4) is 0 Å². The molecule has 0 atom stereocenters. The van der Waals surface area contributed by atoms with Crippen molar-refractivity contribution in [3.63, 3.8) is 0 Å². The van der Waals surface area contributed by atoms with Gasteiger partial charge in [0.1, 0.15) is 0 Å². The van der Waals surface area contributed by atoms with Crippen LogP contribution in [0.4, 0.5) is 5.69 Å². The molecule has 4 rings (SSSR count). The molecule has 0 spiro atoms. The third-order valence-electron chi connectivity index (χ3n) is 5.97. The molecule has 2 heterocycles. The van der Waals surface area contributed by atoms with Crippen LogP contribution in [0.25, 0.3) is 0 Å². The molecule has 0 saturated carbocycles. The normalized spacial score (nSPS) is 15.4. The summed E-state index contributed by atoms with van der Waals surface area (Å²) in [6.45, 7) is 2.26. The van der Waals surface area contributed by atoms with Crippen molar-refractivity contribution in [3.05, 3.63) is 80.5 Å². The van der Waals surface area contributed by atoms with Gasteiger partial charge in [0.25, 0.3) is 5.91 Å². The van der Waals surface area contributed by atoms with Crippen molar-refractivity contribution >= 4 is 67.8 Å². The van der Waals surface area contributed by atoms with Crippen LogP contribution in [0, 0.1) is 5.92 Å². The number of nitrogens with zero attached hydrogens (tertiary/aromatic N) is 2. The van der Waals surface area contributed by atoms with E-state index in [1.54, 1.807) is 55.5 Å². The van der Waals surface area contributed by atoms with Gasteiger partial charge in [-0.2, -0.15) is 9.41 Å². The van der Waals surface area contributed by atoms with Crippen LogP contribution in [0.3, 0.4) is 0 Å². The summed E-state index contributed by atoms with van der Waals surface area (Å²) in [5.41, 5.74) is 4.59. The molecule has 1 aliphatic rings. The molecular weight excluding hydrogens is 555 g/mol. The maximum atomic E-state index is 12.8. The molecule has 2 N–H and O–H groups in total. The SMILES string of the molecule is C/C(=N\NC(=O)C1CCN(S(=O)(=O)c2ccc(Cl)cc2)CC1)c1ccc(NC(=O)c2ccc(Cl)s2)cc1. The number of thiophene rings is 1. The molecule has 0 unspecified atom stereocenters.